The summed E-state index contributed by atoms with van der Waals surface area (Å²) in [4.78, 5) is 10.8. The predicted octanol–water partition coefficient (Wildman–Crippen LogP) is 1.75. The zero-order chi connectivity index (χ0) is 13.4. The topological polar surface area (TPSA) is 60.9 Å². The maximum Gasteiger partial charge on any atom is 0.435 e. The largest absolute Gasteiger partial charge is 0.435 e. The lowest BCUT2D eigenvalue weighted by Crippen LogP contribution is -2.21. The Morgan fingerprint density at radius 2 is 1.94 bits per heavy atom. The van der Waals surface area contributed by atoms with Gasteiger partial charge in [0.25, 0.3) is 5.91 Å². The molecule has 0 aliphatic carbocycles. The molecule has 0 saturated heterocycles. The van der Waals surface area contributed by atoms with Crippen molar-refractivity contribution >= 4 is 5.91 Å². The number of rotatable bonds is 3. The van der Waals surface area contributed by atoms with E-state index in [0.29, 0.717) is 0 Å². The molecular formula is C9H11F4N3O. The average molecular weight is 253 g/mol. The summed E-state index contributed by atoms with van der Waals surface area (Å²) in [6.07, 6.45) is -4.00. The molecule has 0 bridgehead atoms. The van der Waals surface area contributed by atoms with Gasteiger partial charge in [-0.25, -0.2) is 4.39 Å². The molecule has 0 fully saturated rings. The summed E-state index contributed by atoms with van der Waals surface area (Å²) >= 11 is 0. The van der Waals surface area contributed by atoms with E-state index in [1.165, 1.54) is 13.8 Å². The minimum atomic E-state index is -4.80. The molecule has 0 aliphatic heterocycles. The lowest BCUT2D eigenvalue weighted by atomic mass is 10.2. The molecule has 0 saturated carbocycles. The van der Waals surface area contributed by atoms with Gasteiger partial charge in [-0.2, -0.15) is 18.3 Å². The number of nitrogens with zero attached hydrogens (tertiary/aromatic N) is 2. The van der Waals surface area contributed by atoms with Crippen molar-refractivity contribution in [3.63, 3.8) is 0 Å². The highest BCUT2D eigenvalue weighted by Crippen LogP contribution is 2.30. The Hall–Kier alpha value is -1.60. The number of aromatic nitrogens is 2. The third kappa shape index (κ3) is 3.43. The van der Waals surface area contributed by atoms with Gasteiger partial charge in [0.2, 0.25) is 0 Å². The number of amides is 1. The highest BCUT2D eigenvalue weighted by atomic mass is 19.4. The van der Waals surface area contributed by atoms with Crippen molar-refractivity contribution in [2.24, 2.45) is 5.73 Å². The second-order valence-electron chi connectivity index (χ2n) is 4.17. The fourth-order valence-electron chi connectivity index (χ4n) is 1.28. The quantitative estimate of drug-likeness (QED) is 0.834. The van der Waals surface area contributed by atoms with Crippen molar-refractivity contribution in [1.82, 2.24) is 9.78 Å². The van der Waals surface area contributed by atoms with Gasteiger partial charge in [0.05, 0.1) is 12.1 Å². The highest BCUT2D eigenvalue weighted by Gasteiger charge is 2.39. The first-order chi connectivity index (χ1) is 7.50. The molecule has 2 N–H and O–H groups in total. The minimum Gasteiger partial charge on any atom is -0.365 e. The number of hydrogen-bond acceptors (Lipinski definition) is 2. The van der Waals surface area contributed by atoms with Crippen LogP contribution < -0.4 is 5.73 Å². The van der Waals surface area contributed by atoms with E-state index in [1.807, 2.05) is 0 Å². The van der Waals surface area contributed by atoms with Gasteiger partial charge in [-0.1, -0.05) is 0 Å². The van der Waals surface area contributed by atoms with E-state index in [-0.39, 0.29) is 0 Å². The first-order valence-corrected chi connectivity index (χ1v) is 4.64. The summed E-state index contributed by atoms with van der Waals surface area (Å²) in [5, 5.41) is 3.14. The average Bonchev–Trinajstić information content (AvgIpc) is 2.43. The Morgan fingerprint density at radius 1 is 1.41 bits per heavy atom. The van der Waals surface area contributed by atoms with Gasteiger partial charge in [-0.15, -0.1) is 0 Å². The minimum absolute atomic E-state index is 0.399. The zero-order valence-corrected chi connectivity index (χ0v) is 9.18. The monoisotopic (exact) mass is 253 g/mol. The van der Waals surface area contributed by atoms with Gasteiger partial charge in [-0.05, 0) is 13.8 Å². The van der Waals surface area contributed by atoms with E-state index < -0.39 is 35.6 Å². The SMILES string of the molecule is CC(C)(F)Cn1cc(C(N)=O)c(C(F)(F)F)n1. The molecule has 0 aromatic carbocycles. The van der Waals surface area contributed by atoms with Crippen molar-refractivity contribution in [2.45, 2.75) is 32.2 Å². The van der Waals surface area contributed by atoms with Crippen LogP contribution in [0.4, 0.5) is 17.6 Å². The standard InChI is InChI=1S/C9H11F4N3O/c1-8(2,10)4-16-3-5(7(14)17)6(15-16)9(11,12)13/h3H,4H2,1-2H3,(H2,14,17). The Morgan fingerprint density at radius 3 is 2.24 bits per heavy atom. The molecule has 1 heterocycles. The van der Waals surface area contributed by atoms with Gasteiger partial charge < -0.3 is 5.73 Å². The van der Waals surface area contributed by atoms with E-state index in [9.17, 15) is 22.4 Å². The molecule has 8 heteroatoms. The molecule has 0 atom stereocenters. The molecular weight excluding hydrogens is 242 g/mol. The molecule has 96 valence electrons. The fraction of sp³-hybridized carbons (Fsp3) is 0.556. The first kappa shape index (κ1) is 13.5. The van der Waals surface area contributed by atoms with Crippen molar-refractivity contribution in [1.29, 1.82) is 0 Å². The molecule has 0 aliphatic rings. The Balaban J connectivity index is 3.18. The Kier molecular flexibility index (Phi) is 3.17. The smallest absolute Gasteiger partial charge is 0.365 e. The maximum atomic E-state index is 13.3. The Bertz CT molecular complexity index is 430. The second-order valence-corrected chi connectivity index (χ2v) is 4.17. The summed E-state index contributed by atoms with van der Waals surface area (Å²) in [5.74, 6) is -1.25. The lowest BCUT2D eigenvalue weighted by Gasteiger charge is -2.13. The summed E-state index contributed by atoms with van der Waals surface area (Å²) in [6.45, 7) is 1.97. The van der Waals surface area contributed by atoms with E-state index >= 15 is 0 Å². The van der Waals surface area contributed by atoms with Crippen molar-refractivity contribution in [3.05, 3.63) is 17.5 Å². The van der Waals surface area contributed by atoms with Crippen molar-refractivity contribution < 1.29 is 22.4 Å². The second kappa shape index (κ2) is 4.01. The first-order valence-electron chi connectivity index (χ1n) is 4.64. The van der Waals surface area contributed by atoms with Crippen LogP contribution in [0.5, 0.6) is 0 Å². The molecule has 0 spiro atoms. The van der Waals surface area contributed by atoms with E-state index in [2.05, 4.69) is 5.10 Å². The van der Waals surface area contributed by atoms with E-state index in [4.69, 9.17) is 5.73 Å². The third-order valence-electron chi connectivity index (χ3n) is 1.83. The summed E-state index contributed by atoms with van der Waals surface area (Å²) in [6, 6.07) is 0. The van der Waals surface area contributed by atoms with Crippen LogP contribution in [0, 0.1) is 0 Å². The molecule has 1 amide bonds. The van der Waals surface area contributed by atoms with Crippen LogP contribution in [0.25, 0.3) is 0 Å². The van der Waals surface area contributed by atoms with Crippen LogP contribution in [0.2, 0.25) is 0 Å². The fourth-order valence-corrected chi connectivity index (χ4v) is 1.28. The molecule has 17 heavy (non-hydrogen) atoms. The summed E-state index contributed by atoms with van der Waals surface area (Å²) in [5.41, 5.74) is 0.900. The van der Waals surface area contributed by atoms with Gasteiger partial charge in [0, 0.05) is 6.20 Å². The normalized spacial score (nSPS) is 12.8. The van der Waals surface area contributed by atoms with Crippen LogP contribution in [0.1, 0.15) is 29.9 Å². The molecule has 4 nitrogen and oxygen atoms in total. The number of carbonyl (C=O) groups is 1. The third-order valence-corrected chi connectivity index (χ3v) is 1.83. The van der Waals surface area contributed by atoms with Crippen LogP contribution in [-0.4, -0.2) is 21.4 Å². The molecule has 1 rings (SSSR count). The number of alkyl halides is 4. The highest BCUT2D eigenvalue weighted by molar-refractivity contribution is 5.93. The van der Waals surface area contributed by atoms with Gasteiger partial charge >= 0.3 is 6.18 Å². The van der Waals surface area contributed by atoms with Crippen molar-refractivity contribution in [2.75, 3.05) is 0 Å². The summed E-state index contributed by atoms with van der Waals surface area (Å²) in [7, 11) is 0. The molecule has 0 unspecified atom stereocenters. The molecule has 0 radical (unpaired) electrons. The zero-order valence-electron chi connectivity index (χ0n) is 9.18. The number of primary amides is 1. The maximum absolute atomic E-state index is 13.3. The lowest BCUT2D eigenvalue weighted by molar-refractivity contribution is -0.141. The molecule has 1 aromatic rings. The number of hydrogen-bond donors (Lipinski definition) is 1. The Labute approximate surface area is 94.4 Å². The van der Waals surface area contributed by atoms with Crippen LogP contribution >= 0.6 is 0 Å². The van der Waals surface area contributed by atoms with Crippen LogP contribution in [-0.2, 0) is 12.7 Å². The number of nitrogens with two attached hydrogens (primary N) is 1. The summed E-state index contributed by atoms with van der Waals surface area (Å²) < 4.78 is 51.4. The van der Waals surface area contributed by atoms with Crippen molar-refractivity contribution in [3.8, 4) is 0 Å². The molecule has 1 aromatic heterocycles. The van der Waals surface area contributed by atoms with Gasteiger partial charge in [0.15, 0.2) is 5.69 Å². The predicted molar refractivity (Wildman–Crippen MR) is 50.9 cm³/mol. The number of carbonyl (C=O) groups excluding carboxylic acids is 1. The van der Waals surface area contributed by atoms with Crippen LogP contribution in [0.3, 0.4) is 0 Å². The van der Waals surface area contributed by atoms with E-state index in [0.717, 1.165) is 10.9 Å². The van der Waals surface area contributed by atoms with Gasteiger partial charge in [-0.3, -0.25) is 9.48 Å². The van der Waals surface area contributed by atoms with E-state index in [1.54, 1.807) is 0 Å². The number of halogens is 4. The van der Waals surface area contributed by atoms with Gasteiger partial charge in [0.1, 0.15) is 5.67 Å². The van der Waals surface area contributed by atoms with Crippen LogP contribution in [0.15, 0.2) is 6.20 Å².